The summed E-state index contributed by atoms with van der Waals surface area (Å²) in [5, 5.41) is 9.05. The predicted octanol–water partition coefficient (Wildman–Crippen LogP) is 1.83. The smallest absolute Gasteiger partial charge is 0.285 e. The zero-order valence-corrected chi connectivity index (χ0v) is 11.1. The van der Waals surface area contributed by atoms with Gasteiger partial charge in [0.2, 0.25) is 5.88 Å². The van der Waals surface area contributed by atoms with Crippen LogP contribution in [-0.2, 0) is 6.54 Å². The van der Waals surface area contributed by atoms with Crippen LogP contribution in [0.2, 0.25) is 5.02 Å². The lowest BCUT2D eigenvalue weighted by Gasteiger charge is -2.10. The van der Waals surface area contributed by atoms with Crippen LogP contribution in [0.15, 0.2) is 29.3 Å². The highest BCUT2D eigenvalue weighted by Crippen LogP contribution is 2.19. The van der Waals surface area contributed by atoms with E-state index in [1.807, 2.05) is 19.1 Å². The molecule has 2 heterocycles. The maximum absolute atomic E-state index is 11.3. The first-order valence-corrected chi connectivity index (χ1v) is 6.14. The number of halogens is 1. The molecule has 0 amide bonds. The molecule has 2 N–H and O–H groups in total. The van der Waals surface area contributed by atoms with Crippen LogP contribution in [0.3, 0.4) is 0 Å². The minimum atomic E-state index is -0.428. The fraction of sp³-hybridized carbons (Fsp3) is 0.250. The first kappa shape index (κ1) is 13.4. The monoisotopic (exact) mass is 280 g/mol. The Bertz CT molecular complexity index is 615. The van der Waals surface area contributed by atoms with Crippen molar-refractivity contribution in [3.05, 3.63) is 45.5 Å². The van der Waals surface area contributed by atoms with Crippen molar-refractivity contribution in [1.82, 2.24) is 15.2 Å². The van der Waals surface area contributed by atoms with Gasteiger partial charge in [0.1, 0.15) is 5.02 Å². The van der Waals surface area contributed by atoms with Crippen molar-refractivity contribution in [2.24, 2.45) is 0 Å². The molecular formula is C12H13ClN4O2. The van der Waals surface area contributed by atoms with Gasteiger partial charge in [0.25, 0.3) is 5.56 Å². The SMILES string of the molecule is CCOc1ncccc1CNc1cn[nH]c(=O)c1Cl. The van der Waals surface area contributed by atoms with Crippen molar-refractivity contribution < 1.29 is 4.74 Å². The molecule has 0 saturated carbocycles. The average Bonchev–Trinajstić information content (AvgIpc) is 2.42. The summed E-state index contributed by atoms with van der Waals surface area (Å²) in [6.07, 6.45) is 3.12. The van der Waals surface area contributed by atoms with Crippen molar-refractivity contribution in [1.29, 1.82) is 0 Å². The summed E-state index contributed by atoms with van der Waals surface area (Å²) in [6, 6.07) is 3.71. The Kier molecular flexibility index (Phi) is 4.35. The lowest BCUT2D eigenvalue weighted by atomic mass is 10.2. The molecule has 0 aliphatic heterocycles. The highest BCUT2D eigenvalue weighted by molar-refractivity contribution is 6.32. The third-order valence-corrected chi connectivity index (χ3v) is 2.77. The van der Waals surface area contributed by atoms with Crippen LogP contribution in [0.1, 0.15) is 12.5 Å². The Hall–Kier alpha value is -2.08. The first-order chi connectivity index (χ1) is 9.22. The molecule has 0 bridgehead atoms. The van der Waals surface area contributed by atoms with Crippen LogP contribution in [0, 0.1) is 0 Å². The molecule has 19 heavy (non-hydrogen) atoms. The summed E-state index contributed by atoms with van der Waals surface area (Å²) in [6.45, 7) is 2.87. The van der Waals surface area contributed by atoms with Crippen LogP contribution in [-0.4, -0.2) is 21.8 Å². The number of hydrogen-bond donors (Lipinski definition) is 2. The summed E-state index contributed by atoms with van der Waals surface area (Å²) < 4.78 is 5.41. The van der Waals surface area contributed by atoms with Gasteiger partial charge in [0.05, 0.1) is 18.5 Å². The average molecular weight is 281 g/mol. The summed E-state index contributed by atoms with van der Waals surface area (Å²) in [7, 11) is 0. The second-order valence-corrected chi connectivity index (χ2v) is 4.06. The second kappa shape index (κ2) is 6.19. The van der Waals surface area contributed by atoms with Gasteiger partial charge in [-0.2, -0.15) is 5.10 Å². The van der Waals surface area contributed by atoms with E-state index >= 15 is 0 Å². The number of rotatable bonds is 5. The fourth-order valence-electron chi connectivity index (χ4n) is 1.52. The molecule has 0 atom stereocenters. The molecule has 100 valence electrons. The van der Waals surface area contributed by atoms with Crippen LogP contribution < -0.4 is 15.6 Å². The van der Waals surface area contributed by atoms with Gasteiger partial charge in [0.15, 0.2) is 0 Å². The van der Waals surface area contributed by atoms with Crippen LogP contribution in [0.25, 0.3) is 0 Å². The van der Waals surface area contributed by atoms with Gasteiger partial charge in [-0.3, -0.25) is 4.79 Å². The molecule has 0 unspecified atom stereocenters. The van der Waals surface area contributed by atoms with Crippen molar-refractivity contribution in [3.63, 3.8) is 0 Å². The van der Waals surface area contributed by atoms with E-state index in [2.05, 4.69) is 20.5 Å². The van der Waals surface area contributed by atoms with Crippen molar-refractivity contribution in [2.45, 2.75) is 13.5 Å². The van der Waals surface area contributed by atoms with E-state index in [1.165, 1.54) is 6.20 Å². The number of aromatic nitrogens is 3. The number of nitrogens with zero attached hydrogens (tertiary/aromatic N) is 2. The number of pyridine rings is 1. The van der Waals surface area contributed by atoms with Crippen molar-refractivity contribution in [2.75, 3.05) is 11.9 Å². The number of anilines is 1. The molecular weight excluding hydrogens is 268 g/mol. The van der Waals surface area contributed by atoms with E-state index in [-0.39, 0.29) is 5.02 Å². The second-order valence-electron chi connectivity index (χ2n) is 3.68. The summed E-state index contributed by atoms with van der Waals surface area (Å²) in [5.74, 6) is 0.562. The Morgan fingerprint density at radius 2 is 2.37 bits per heavy atom. The lowest BCUT2D eigenvalue weighted by molar-refractivity contribution is 0.323. The van der Waals surface area contributed by atoms with Gasteiger partial charge in [-0.05, 0) is 13.0 Å². The zero-order chi connectivity index (χ0) is 13.7. The normalized spacial score (nSPS) is 10.2. The van der Waals surface area contributed by atoms with Gasteiger partial charge < -0.3 is 10.1 Å². The number of hydrogen-bond acceptors (Lipinski definition) is 5. The van der Waals surface area contributed by atoms with Crippen molar-refractivity contribution in [3.8, 4) is 5.88 Å². The maximum atomic E-state index is 11.3. The van der Waals surface area contributed by atoms with Gasteiger partial charge in [0, 0.05) is 18.3 Å². The Morgan fingerprint density at radius 3 is 3.16 bits per heavy atom. The Morgan fingerprint density at radius 1 is 1.53 bits per heavy atom. The summed E-state index contributed by atoms with van der Waals surface area (Å²) in [5.41, 5.74) is 0.917. The number of aromatic amines is 1. The van der Waals surface area contributed by atoms with Gasteiger partial charge in [-0.1, -0.05) is 17.7 Å². The van der Waals surface area contributed by atoms with E-state index in [1.54, 1.807) is 6.20 Å². The number of nitrogens with one attached hydrogen (secondary N) is 2. The molecule has 0 aromatic carbocycles. The largest absolute Gasteiger partial charge is 0.478 e. The van der Waals surface area contributed by atoms with Crippen molar-refractivity contribution >= 4 is 17.3 Å². The minimum Gasteiger partial charge on any atom is -0.478 e. The quantitative estimate of drug-likeness (QED) is 0.873. The van der Waals surface area contributed by atoms with E-state index < -0.39 is 5.56 Å². The third kappa shape index (κ3) is 3.23. The molecule has 0 spiro atoms. The molecule has 0 aliphatic carbocycles. The number of H-pyrrole nitrogens is 1. The standard InChI is InChI=1S/C12H13ClN4O2/c1-2-19-12-8(4-3-5-14-12)6-15-9-7-16-17-11(18)10(9)13/h3-5,7H,2,6H2,1H3,(H2,15,17,18). The van der Waals surface area contributed by atoms with Gasteiger partial charge in [-0.15, -0.1) is 0 Å². The molecule has 2 aromatic heterocycles. The molecule has 0 fully saturated rings. The number of ether oxygens (including phenoxy) is 1. The first-order valence-electron chi connectivity index (χ1n) is 5.76. The maximum Gasteiger partial charge on any atom is 0.285 e. The van der Waals surface area contributed by atoms with Crippen LogP contribution >= 0.6 is 11.6 Å². The molecule has 2 aromatic rings. The lowest BCUT2D eigenvalue weighted by Crippen LogP contribution is -2.12. The van der Waals surface area contributed by atoms with Gasteiger partial charge in [-0.25, -0.2) is 10.1 Å². The Labute approximate surface area is 114 Å². The Balaban J connectivity index is 2.14. The van der Waals surface area contributed by atoms with E-state index in [0.717, 1.165) is 5.56 Å². The minimum absolute atomic E-state index is 0.0804. The molecule has 0 aliphatic rings. The van der Waals surface area contributed by atoms with E-state index in [9.17, 15) is 4.79 Å². The molecule has 0 saturated heterocycles. The van der Waals surface area contributed by atoms with Crippen LogP contribution in [0.5, 0.6) is 5.88 Å². The topological polar surface area (TPSA) is 79.9 Å². The van der Waals surface area contributed by atoms with E-state index in [4.69, 9.17) is 16.3 Å². The highest BCUT2D eigenvalue weighted by Gasteiger charge is 2.07. The highest BCUT2D eigenvalue weighted by atomic mass is 35.5. The predicted molar refractivity (Wildman–Crippen MR) is 72.6 cm³/mol. The molecule has 6 nitrogen and oxygen atoms in total. The third-order valence-electron chi connectivity index (χ3n) is 2.40. The molecule has 7 heteroatoms. The molecule has 2 rings (SSSR count). The zero-order valence-electron chi connectivity index (χ0n) is 10.3. The summed E-state index contributed by atoms with van der Waals surface area (Å²) in [4.78, 5) is 15.4. The molecule has 0 radical (unpaired) electrons. The van der Waals surface area contributed by atoms with E-state index in [0.29, 0.717) is 24.7 Å². The van der Waals surface area contributed by atoms with Crippen LogP contribution in [0.4, 0.5) is 5.69 Å². The summed E-state index contributed by atoms with van der Waals surface area (Å²) >= 11 is 5.87. The van der Waals surface area contributed by atoms with Gasteiger partial charge >= 0.3 is 0 Å². The fourth-order valence-corrected chi connectivity index (χ4v) is 1.68.